The normalized spacial score (nSPS) is 11.9. The quantitative estimate of drug-likeness (QED) is 0.457. The molecule has 142 valence electrons. The third-order valence-corrected chi connectivity index (χ3v) is 5.96. The molecule has 0 aliphatic carbocycles. The molecule has 3 aromatic carbocycles. The van der Waals surface area contributed by atoms with Crippen LogP contribution in [0.25, 0.3) is 39.1 Å². The minimum Gasteiger partial charge on any atom is -0.275 e. The second-order valence-corrected chi connectivity index (χ2v) is 8.82. The molecule has 0 fully saturated rings. The van der Waals surface area contributed by atoms with E-state index in [0.717, 1.165) is 22.0 Å². The van der Waals surface area contributed by atoms with Gasteiger partial charge in [-0.2, -0.15) is 0 Å². The summed E-state index contributed by atoms with van der Waals surface area (Å²) in [5, 5.41) is 2.25. The molecule has 0 bridgehead atoms. The van der Waals surface area contributed by atoms with Crippen LogP contribution in [0, 0.1) is 0 Å². The molecular weight excluding hydrogens is 384 g/mol. The molecule has 2 aromatic heterocycles. The summed E-state index contributed by atoms with van der Waals surface area (Å²) in [7, 11) is -3.26. The van der Waals surface area contributed by atoms with E-state index in [1.54, 1.807) is 36.7 Å². The van der Waals surface area contributed by atoms with E-state index in [1.807, 2.05) is 22.8 Å². The zero-order chi connectivity index (χ0) is 20.0. The molecule has 2 heterocycles. The largest absolute Gasteiger partial charge is 0.275 e. The molecular formula is C22H16N4O2S. The lowest BCUT2D eigenvalue weighted by Crippen LogP contribution is -2.00. The SMILES string of the molecule is CS(=O)(=O)c1ccc(-c2nc3nccnc3n2-c2ccc3ccccc3c2)cc1. The average molecular weight is 400 g/mol. The second kappa shape index (κ2) is 6.49. The van der Waals surface area contributed by atoms with Crippen LogP contribution >= 0.6 is 0 Å². The van der Waals surface area contributed by atoms with Crippen molar-refractivity contribution in [3.05, 3.63) is 79.1 Å². The molecule has 0 radical (unpaired) electrons. The van der Waals surface area contributed by atoms with Crippen molar-refractivity contribution in [1.29, 1.82) is 0 Å². The number of hydrogen-bond acceptors (Lipinski definition) is 5. The van der Waals surface area contributed by atoms with Gasteiger partial charge in [0.05, 0.1) is 4.90 Å². The third kappa shape index (κ3) is 3.05. The Labute approximate surface area is 167 Å². The summed E-state index contributed by atoms with van der Waals surface area (Å²) >= 11 is 0. The van der Waals surface area contributed by atoms with Gasteiger partial charge in [-0.05, 0) is 47.2 Å². The van der Waals surface area contributed by atoms with Crippen LogP contribution in [0.2, 0.25) is 0 Å². The molecule has 0 unspecified atom stereocenters. The number of hydrogen-bond donors (Lipinski definition) is 0. The maximum Gasteiger partial charge on any atom is 0.198 e. The van der Waals surface area contributed by atoms with E-state index < -0.39 is 9.84 Å². The Kier molecular flexibility index (Phi) is 3.92. The van der Waals surface area contributed by atoms with Crippen molar-refractivity contribution >= 4 is 31.9 Å². The maximum atomic E-state index is 11.8. The molecule has 5 aromatic rings. The first-order valence-electron chi connectivity index (χ1n) is 9.00. The van der Waals surface area contributed by atoms with E-state index in [4.69, 9.17) is 0 Å². The van der Waals surface area contributed by atoms with Crippen LogP contribution in [-0.2, 0) is 9.84 Å². The van der Waals surface area contributed by atoms with Gasteiger partial charge in [0.1, 0.15) is 5.82 Å². The molecule has 0 atom stereocenters. The highest BCUT2D eigenvalue weighted by Crippen LogP contribution is 2.29. The zero-order valence-corrected chi connectivity index (χ0v) is 16.3. The van der Waals surface area contributed by atoms with Crippen molar-refractivity contribution in [2.75, 3.05) is 6.26 Å². The molecule has 0 aliphatic heterocycles. The van der Waals surface area contributed by atoms with Gasteiger partial charge in [-0.25, -0.2) is 23.4 Å². The van der Waals surface area contributed by atoms with Gasteiger partial charge in [0.15, 0.2) is 21.1 Å². The predicted molar refractivity (Wildman–Crippen MR) is 113 cm³/mol. The smallest absolute Gasteiger partial charge is 0.198 e. The van der Waals surface area contributed by atoms with E-state index in [9.17, 15) is 8.42 Å². The molecule has 0 saturated carbocycles. The second-order valence-electron chi connectivity index (χ2n) is 6.80. The van der Waals surface area contributed by atoms with E-state index in [1.165, 1.54) is 6.26 Å². The fraction of sp³-hybridized carbons (Fsp3) is 0.0455. The summed E-state index contributed by atoms with van der Waals surface area (Å²) in [6, 6.07) is 21.0. The van der Waals surface area contributed by atoms with Gasteiger partial charge in [0.25, 0.3) is 0 Å². The van der Waals surface area contributed by atoms with Crippen LogP contribution in [-0.4, -0.2) is 34.2 Å². The summed E-state index contributed by atoms with van der Waals surface area (Å²) in [6.45, 7) is 0. The van der Waals surface area contributed by atoms with Gasteiger partial charge < -0.3 is 0 Å². The maximum absolute atomic E-state index is 11.8. The Morgan fingerprint density at radius 2 is 1.55 bits per heavy atom. The Morgan fingerprint density at radius 1 is 0.828 bits per heavy atom. The van der Waals surface area contributed by atoms with Gasteiger partial charge in [0, 0.05) is 29.9 Å². The highest BCUT2D eigenvalue weighted by Gasteiger charge is 2.17. The highest BCUT2D eigenvalue weighted by molar-refractivity contribution is 7.90. The lowest BCUT2D eigenvalue weighted by atomic mass is 10.1. The van der Waals surface area contributed by atoms with Crippen LogP contribution in [0.1, 0.15) is 0 Å². The molecule has 7 heteroatoms. The summed E-state index contributed by atoms with van der Waals surface area (Å²) in [6.07, 6.45) is 4.44. The van der Waals surface area contributed by atoms with E-state index in [-0.39, 0.29) is 4.90 Å². The summed E-state index contributed by atoms with van der Waals surface area (Å²) < 4.78 is 25.5. The number of nitrogens with zero attached hydrogens (tertiary/aromatic N) is 4. The molecule has 0 N–H and O–H groups in total. The first-order valence-corrected chi connectivity index (χ1v) is 10.9. The minimum absolute atomic E-state index is 0.269. The van der Waals surface area contributed by atoms with Crippen LogP contribution in [0.3, 0.4) is 0 Å². The van der Waals surface area contributed by atoms with Gasteiger partial charge in [-0.3, -0.25) is 4.57 Å². The molecule has 0 spiro atoms. The van der Waals surface area contributed by atoms with E-state index >= 15 is 0 Å². The van der Waals surface area contributed by atoms with Crippen molar-refractivity contribution in [3.8, 4) is 17.1 Å². The van der Waals surface area contributed by atoms with Crippen molar-refractivity contribution < 1.29 is 8.42 Å². The lowest BCUT2D eigenvalue weighted by Gasteiger charge is -2.10. The zero-order valence-electron chi connectivity index (χ0n) is 15.5. The minimum atomic E-state index is -3.26. The van der Waals surface area contributed by atoms with Crippen molar-refractivity contribution in [3.63, 3.8) is 0 Å². The Morgan fingerprint density at radius 3 is 2.31 bits per heavy atom. The van der Waals surface area contributed by atoms with Gasteiger partial charge in [0.2, 0.25) is 0 Å². The molecule has 0 amide bonds. The molecule has 5 rings (SSSR count). The molecule has 29 heavy (non-hydrogen) atoms. The first kappa shape index (κ1) is 17.5. The average Bonchev–Trinajstić information content (AvgIpc) is 3.12. The Hall–Kier alpha value is -3.58. The van der Waals surface area contributed by atoms with Crippen molar-refractivity contribution in [2.45, 2.75) is 4.90 Å². The number of fused-ring (bicyclic) bond motifs is 2. The molecule has 0 aliphatic rings. The van der Waals surface area contributed by atoms with Crippen molar-refractivity contribution in [2.24, 2.45) is 0 Å². The summed E-state index contributed by atoms with van der Waals surface area (Å²) in [4.78, 5) is 13.8. The van der Waals surface area contributed by atoms with Gasteiger partial charge in [-0.1, -0.05) is 30.3 Å². The molecule has 6 nitrogen and oxygen atoms in total. The summed E-state index contributed by atoms with van der Waals surface area (Å²) in [5.74, 6) is 0.654. The number of imidazole rings is 1. The van der Waals surface area contributed by atoms with Gasteiger partial charge in [-0.15, -0.1) is 0 Å². The number of sulfone groups is 1. The molecule has 0 saturated heterocycles. The lowest BCUT2D eigenvalue weighted by molar-refractivity contribution is 0.602. The van der Waals surface area contributed by atoms with Crippen LogP contribution < -0.4 is 0 Å². The summed E-state index contributed by atoms with van der Waals surface area (Å²) in [5.41, 5.74) is 2.87. The standard InChI is InChI=1S/C22H16N4O2S/c1-29(27,28)19-10-7-16(8-11-19)21-25-20-22(24-13-12-23-20)26(21)18-9-6-15-4-2-3-5-17(15)14-18/h2-14H,1H3. The highest BCUT2D eigenvalue weighted by atomic mass is 32.2. The van der Waals surface area contributed by atoms with Crippen LogP contribution in [0.15, 0.2) is 84.0 Å². The fourth-order valence-corrected chi connectivity index (χ4v) is 4.05. The van der Waals surface area contributed by atoms with Gasteiger partial charge >= 0.3 is 0 Å². The topological polar surface area (TPSA) is 77.7 Å². The number of benzene rings is 3. The van der Waals surface area contributed by atoms with E-state index in [2.05, 4.69) is 39.2 Å². The van der Waals surface area contributed by atoms with Crippen LogP contribution in [0.4, 0.5) is 0 Å². The fourth-order valence-electron chi connectivity index (χ4n) is 3.42. The van der Waals surface area contributed by atoms with E-state index in [0.29, 0.717) is 17.1 Å². The Bertz CT molecular complexity index is 1470. The first-order chi connectivity index (χ1) is 14.0. The number of aromatic nitrogens is 4. The van der Waals surface area contributed by atoms with Crippen molar-refractivity contribution in [1.82, 2.24) is 19.5 Å². The third-order valence-electron chi connectivity index (χ3n) is 4.83. The van der Waals surface area contributed by atoms with Crippen LogP contribution in [0.5, 0.6) is 0 Å². The number of rotatable bonds is 3. The Balaban J connectivity index is 1.76. The monoisotopic (exact) mass is 400 g/mol. The predicted octanol–water partition coefficient (Wildman–Crippen LogP) is 4.04.